The van der Waals surface area contributed by atoms with Gasteiger partial charge in [-0.05, 0) is 13.0 Å². The molecule has 15 heavy (non-hydrogen) atoms. The van der Waals surface area contributed by atoms with Crippen LogP contribution in [0.25, 0.3) is 11.0 Å². The van der Waals surface area contributed by atoms with Crippen molar-refractivity contribution in [3.05, 3.63) is 48.3 Å². The van der Waals surface area contributed by atoms with Crippen LogP contribution in [0.3, 0.4) is 0 Å². The number of nitrogens with two attached hydrogens (primary N) is 1. The SMILES string of the molecule is C=C(C)C(N)c1cccc2nccnc12. The summed E-state index contributed by atoms with van der Waals surface area (Å²) < 4.78 is 0. The lowest BCUT2D eigenvalue weighted by atomic mass is 10.0. The Hall–Kier alpha value is -1.74. The first-order valence-corrected chi connectivity index (χ1v) is 4.81. The molecule has 1 aromatic carbocycles. The van der Waals surface area contributed by atoms with Gasteiger partial charge in [-0.1, -0.05) is 24.3 Å². The Morgan fingerprint density at radius 2 is 2.07 bits per heavy atom. The molecule has 76 valence electrons. The van der Waals surface area contributed by atoms with Gasteiger partial charge in [0.2, 0.25) is 0 Å². The highest BCUT2D eigenvalue weighted by molar-refractivity contribution is 5.78. The molecule has 0 bridgehead atoms. The molecule has 3 heteroatoms. The first kappa shape index (κ1) is 9.80. The maximum Gasteiger partial charge on any atom is 0.0937 e. The van der Waals surface area contributed by atoms with Gasteiger partial charge in [0.05, 0.1) is 17.1 Å². The molecule has 1 unspecified atom stereocenters. The van der Waals surface area contributed by atoms with Crippen molar-refractivity contribution in [1.82, 2.24) is 9.97 Å². The second kappa shape index (κ2) is 3.79. The first-order chi connectivity index (χ1) is 7.20. The standard InChI is InChI=1S/C12H13N3/c1-8(2)11(13)9-4-3-5-10-12(9)15-7-6-14-10/h3-7,11H,1,13H2,2H3. The van der Waals surface area contributed by atoms with E-state index in [1.165, 1.54) is 0 Å². The first-order valence-electron chi connectivity index (χ1n) is 4.81. The Bertz CT molecular complexity index is 500. The van der Waals surface area contributed by atoms with Gasteiger partial charge >= 0.3 is 0 Å². The molecule has 1 aromatic heterocycles. The number of fused-ring (bicyclic) bond motifs is 1. The summed E-state index contributed by atoms with van der Waals surface area (Å²) in [7, 11) is 0. The van der Waals surface area contributed by atoms with E-state index in [1.54, 1.807) is 12.4 Å². The van der Waals surface area contributed by atoms with Gasteiger partial charge in [0.25, 0.3) is 0 Å². The Labute approximate surface area is 88.7 Å². The lowest BCUT2D eigenvalue weighted by Gasteiger charge is -2.13. The zero-order valence-electron chi connectivity index (χ0n) is 8.64. The van der Waals surface area contributed by atoms with Crippen molar-refractivity contribution in [1.29, 1.82) is 0 Å². The van der Waals surface area contributed by atoms with Gasteiger partial charge in [-0.2, -0.15) is 0 Å². The minimum absolute atomic E-state index is 0.176. The van der Waals surface area contributed by atoms with E-state index in [0.717, 1.165) is 22.2 Å². The molecule has 1 heterocycles. The third-order valence-corrected chi connectivity index (χ3v) is 2.40. The molecular weight excluding hydrogens is 186 g/mol. The van der Waals surface area contributed by atoms with Crippen LogP contribution < -0.4 is 5.73 Å². The molecular formula is C12H13N3. The van der Waals surface area contributed by atoms with Crippen molar-refractivity contribution < 1.29 is 0 Å². The van der Waals surface area contributed by atoms with Gasteiger partial charge in [-0.3, -0.25) is 9.97 Å². The Kier molecular flexibility index (Phi) is 2.47. The zero-order chi connectivity index (χ0) is 10.8. The summed E-state index contributed by atoms with van der Waals surface area (Å²) in [5.41, 5.74) is 9.66. The lowest BCUT2D eigenvalue weighted by Crippen LogP contribution is -2.11. The minimum atomic E-state index is -0.176. The van der Waals surface area contributed by atoms with Gasteiger partial charge in [-0.15, -0.1) is 0 Å². The highest BCUT2D eigenvalue weighted by Gasteiger charge is 2.10. The second-order valence-corrected chi connectivity index (χ2v) is 3.60. The highest BCUT2D eigenvalue weighted by atomic mass is 14.8. The fourth-order valence-corrected chi connectivity index (χ4v) is 1.53. The summed E-state index contributed by atoms with van der Waals surface area (Å²) in [6, 6.07) is 5.66. The van der Waals surface area contributed by atoms with Gasteiger partial charge in [0.1, 0.15) is 0 Å². The monoisotopic (exact) mass is 199 g/mol. The van der Waals surface area contributed by atoms with Crippen LogP contribution in [0.2, 0.25) is 0 Å². The maximum absolute atomic E-state index is 6.04. The molecule has 2 N–H and O–H groups in total. The molecule has 0 saturated heterocycles. The Morgan fingerprint density at radius 1 is 1.33 bits per heavy atom. The number of nitrogens with zero attached hydrogens (tertiary/aromatic N) is 2. The summed E-state index contributed by atoms with van der Waals surface area (Å²) in [6.45, 7) is 5.78. The summed E-state index contributed by atoms with van der Waals surface area (Å²) in [4.78, 5) is 8.54. The van der Waals surface area contributed by atoms with Gasteiger partial charge < -0.3 is 5.73 Å². The van der Waals surface area contributed by atoms with Crippen molar-refractivity contribution >= 4 is 11.0 Å². The van der Waals surface area contributed by atoms with Crippen LogP contribution >= 0.6 is 0 Å². The largest absolute Gasteiger partial charge is 0.320 e. The van der Waals surface area contributed by atoms with Crippen LogP contribution in [0.15, 0.2) is 42.7 Å². The fraction of sp³-hybridized carbons (Fsp3) is 0.167. The molecule has 0 aliphatic heterocycles. The average Bonchev–Trinajstić information content (AvgIpc) is 2.27. The van der Waals surface area contributed by atoms with Gasteiger partial charge in [0, 0.05) is 18.0 Å². The molecule has 2 aromatic rings. The van der Waals surface area contributed by atoms with Crippen LogP contribution in [0.1, 0.15) is 18.5 Å². The van der Waals surface area contributed by atoms with Crippen LogP contribution in [0, 0.1) is 0 Å². The van der Waals surface area contributed by atoms with Crippen LogP contribution in [0.4, 0.5) is 0 Å². The zero-order valence-corrected chi connectivity index (χ0v) is 8.64. The predicted molar refractivity (Wildman–Crippen MR) is 61.3 cm³/mol. The average molecular weight is 199 g/mol. The Balaban J connectivity index is 2.65. The number of rotatable bonds is 2. The molecule has 0 spiro atoms. The second-order valence-electron chi connectivity index (χ2n) is 3.60. The number of hydrogen-bond donors (Lipinski definition) is 1. The number of para-hydroxylation sites is 1. The molecule has 0 saturated carbocycles. The number of benzene rings is 1. The van der Waals surface area contributed by atoms with Crippen molar-refractivity contribution in [2.75, 3.05) is 0 Å². The van der Waals surface area contributed by atoms with Gasteiger partial charge in [-0.25, -0.2) is 0 Å². The number of aromatic nitrogens is 2. The van der Waals surface area contributed by atoms with E-state index in [2.05, 4.69) is 16.5 Å². The third-order valence-electron chi connectivity index (χ3n) is 2.40. The normalized spacial score (nSPS) is 12.7. The highest BCUT2D eigenvalue weighted by Crippen LogP contribution is 2.23. The van der Waals surface area contributed by atoms with Crippen molar-refractivity contribution in [2.24, 2.45) is 5.73 Å². The third kappa shape index (κ3) is 1.74. The van der Waals surface area contributed by atoms with E-state index in [1.807, 2.05) is 25.1 Å². The predicted octanol–water partition coefficient (Wildman–Crippen LogP) is 2.21. The molecule has 0 fully saturated rings. The van der Waals surface area contributed by atoms with Crippen molar-refractivity contribution in [3.8, 4) is 0 Å². The molecule has 0 aliphatic carbocycles. The van der Waals surface area contributed by atoms with E-state index in [9.17, 15) is 0 Å². The molecule has 0 amide bonds. The quantitative estimate of drug-likeness (QED) is 0.754. The van der Waals surface area contributed by atoms with E-state index in [0.29, 0.717) is 0 Å². The molecule has 3 nitrogen and oxygen atoms in total. The molecule has 0 aliphatic rings. The topological polar surface area (TPSA) is 51.8 Å². The van der Waals surface area contributed by atoms with Crippen LogP contribution in [-0.2, 0) is 0 Å². The van der Waals surface area contributed by atoms with Crippen LogP contribution in [0.5, 0.6) is 0 Å². The molecule has 0 radical (unpaired) electrons. The van der Waals surface area contributed by atoms with Gasteiger partial charge in [0.15, 0.2) is 0 Å². The van der Waals surface area contributed by atoms with E-state index in [-0.39, 0.29) is 6.04 Å². The van der Waals surface area contributed by atoms with E-state index in [4.69, 9.17) is 5.73 Å². The lowest BCUT2D eigenvalue weighted by molar-refractivity contribution is 0.855. The minimum Gasteiger partial charge on any atom is -0.320 e. The summed E-state index contributed by atoms with van der Waals surface area (Å²) in [6.07, 6.45) is 3.36. The summed E-state index contributed by atoms with van der Waals surface area (Å²) >= 11 is 0. The smallest absolute Gasteiger partial charge is 0.0937 e. The van der Waals surface area contributed by atoms with Crippen molar-refractivity contribution in [2.45, 2.75) is 13.0 Å². The fourth-order valence-electron chi connectivity index (χ4n) is 1.53. The summed E-state index contributed by atoms with van der Waals surface area (Å²) in [5.74, 6) is 0. The number of hydrogen-bond acceptors (Lipinski definition) is 3. The van der Waals surface area contributed by atoms with Crippen molar-refractivity contribution in [3.63, 3.8) is 0 Å². The van der Waals surface area contributed by atoms with Crippen LogP contribution in [-0.4, -0.2) is 9.97 Å². The molecule has 1 atom stereocenters. The van der Waals surface area contributed by atoms with E-state index >= 15 is 0 Å². The maximum atomic E-state index is 6.04. The Morgan fingerprint density at radius 3 is 2.80 bits per heavy atom. The summed E-state index contributed by atoms with van der Waals surface area (Å²) in [5, 5.41) is 0. The molecule has 2 rings (SSSR count). The van der Waals surface area contributed by atoms with E-state index < -0.39 is 0 Å².